The smallest absolute Gasteiger partial charge is 0.375 e. The molecule has 1 saturated heterocycles. The summed E-state index contributed by atoms with van der Waals surface area (Å²) >= 11 is 0. The Bertz CT molecular complexity index is 369. The summed E-state index contributed by atoms with van der Waals surface area (Å²) in [6, 6.07) is 0. The molecule has 0 bridgehead atoms. The Morgan fingerprint density at radius 2 is 1.78 bits per heavy atom. The summed E-state index contributed by atoms with van der Waals surface area (Å²) in [5, 5.41) is 0. The first-order chi connectivity index (χ1) is 8.21. The lowest BCUT2D eigenvalue weighted by Gasteiger charge is -2.32. The van der Waals surface area contributed by atoms with E-state index < -0.39 is 12.0 Å². The van der Waals surface area contributed by atoms with Crippen LogP contribution in [-0.2, 0) is 9.59 Å². The highest BCUT2D eigenvalue weighted by Crippen LogP contribution is 2.22. The zero-order valence-corrected chi connectivity index (χ0v) is 9.96. The number of ketones is 1. The number of hydrogen-bond donors (Lipinski definition) is 1. The van der Waals surface area contributed by atoms with Gasteiger partial charge in [0.25, 0.3) is 5.78 Å². The number of alkyl halides is 3. The van der Waals surface area contributed by atoms with E-state index in [0.29, 0.717) is 32.0 Å². The van der Waals surface area contributed by atoms with Crippen LogP contribution in [0.25, 0.3) is 0 Å². The van der Waals surface area contributed by atoms with Crippen LogP contribution >= 0.6 is 0 Å². The Morgan fingerprint density at radius 1 is 1.28 bits per heavy atom. The Kier molecular flexibility index (Phi) is 4.37. The zero-order chi connectivity index (χ0) is 13.9. The summed E-state index contributed by atoms with van der Waals surface area (Å²) < 4.78 is 36.2. The fourth-order valence-corrected chi connectivity index (χ4v) is 1.88. The molecule has 1 fully saturated rings. The second-order valence-electron chi connectivity index (χ2n) is 4.31. The molecule has 1 aliphatic heterocycles. The Morgan fingerprint density at radius 3 is 2.17 bits per heavy atom. The molecular formula is C11H15F3N2O2. The van der Waals surface area contributed by atoms with Gasteiger partial charge in [-0.2, -0.15) is 13.2 Å². The third kappa shape index (κ3) is 3.75. The largest absolute Gasteiger partial charge is 0.454 e. The van der Waals surface area contributed by atoms with Crippen molar-refractivity contribution in [2.24, 2.45) is 11.7 Å². The minimum absolute atomic E-state index is 0.229. The molecule has 1 amide bonds. The van der Waals surface area contributed by atoms with Crippen molar-refractivity contribution in [1.82, 2.24) is 4.90 Å². The van der Waals surface area contributed by atoms with E-state index in [-0.39, 0.29) is 17.5 Å². The molecule has 0 aromatic carbocycles. The highest BCUT2D eigenvalue weighted by atomic mass is 19.4. The number of rotatable bonds is 3. The number of allylic oxidation sites excluding steroid dienone is 2. The predicted octanol–water partition coefficient (Wildman–Crippen LogP) is 1.22. The molecule has 18 heavy (non-hydrogen) atoms. The molecule has 4 nitrogen and oxygen atoms in total. The predicted molar refractivity (Wildman–Crippen MR) is 58.3 cm³/mol. The van der Waals surface area contributed by atoms with Gasteiger partial charge in [0, 0.05) is 30.8 Å². The molecular weight excluding hydrogens is 249 g/mol. The summed E-state index contributed by atoms with van der Waals surface area (Å²) in [5.41, 5.74) is 5.42. The quantitative estimate of drug-likeness (QED) is 0.779. The highest BCUT2D eigenvalue weighted by Gasteiger charge is 2.37. The van der Waals surface area contributed by atoms with Gasteiger partial charge in [0.2, 0.25) is 5.91 Å². The van der Waals surface area contributed by atoms with Crippen molar-refractivity contribution in [3.63, 3.8) is 0 Å². The van der Waals surface area contributed by atoms with Crippen LogP contribution in [0.4, 0.5) is 13.2 Å². The van der Waals surface area contributed by atoms with Crippen LogP contribution in [0.1, 0.15) is 19.8 Å². The molecule has 0 radical (unpaired) electrons. The van der Waals surface area contributed by atoms with Gasteiger partial charge in [0.05, 0.1) is 0 Å². The van der Waals surface area contributed by atoms with Crippen molar-refractivity contribution in [2.75, 3.05) is 13.1 Å². The summed E-state index contributed by atoms with van der Waals surface area (Å²) in [6.45, 7) is 2.32. The fraction of sp³-hybridized carbons (Fsp3) is 0.636. The van der Waals surface area contributed by atoms with Crippen LogP contribution in [0, 0.1) is 5.92 Å². The maximum atomic E-state index is 12.1. The molecule has 0 saturated carbocycles. The maximum absolute atomic E-state index is 12.1. The molecule has 1 rings (SSSR count). The molecule has 0 spiro atoms. The van der Waals surface area contributed by atoms with E-state index in [4.69, 9.17) is 5.73 Å². The number of carbonyl (C=O) groups excluding carboxylic acids is 2. The van der Waals surface area contributed by atoms with Gasteiger partial charge in [0.1, 0.15) is 0 Å². The number of hydrogen-bond acceptors (Lipinski definition) is 3. The minimum Gasteiger partial charge on any atom is -0.375 e. The van der Waals surface area contributed by atoms with Crippen molar-refractivity contribution in [3.8, 4) is 0 Å². The molecule has 0 aromatic heterocycles. The van der Waals surface area contributed by atoms with Gasteiger partial charge in [-0.25, -0.2) is 0 Å². The van der Waals surface area contributed by atoms with Crippen LogP contribution in [-0.4, -0.2) is 35.9 Å². The zero-order valence-electron chi connectivity index (χ0n) is 9.96. The third-order valence-corrected chi connectivity index (χ3v) is 3.02. The summed E-state index contributed by atoms with van der Waals surface area (Å²) in [6.07, 6.45) is -3.25. The molecule has 102 valence electrons. The van der Waals surface area contributed by atoms with Gasteiger partial charge in [0.15, 0.2) is 0 Å². The second-order valence-corrected chi connectivity index (χ2v) is 4.31. The standard InChI is InChI=1S/C11H15F3N2O2/c1-7(6-9(17)11(12,13)14)16-4-2-8(3-5-16)10(15)18/h6,8H,2-5H2,1H3,(H2,15,18)/b7-6-. The van der Waals surface area contributed by atoms with Crippen molar-refractivity contribution in [2.45, 2.75) is 25.9 Å². The maximum Gasteiger partial charge on any atom is 0.454 e. The molecule has 1 heterocycles. The van der Waals surface area contributed by atoms with Gasteiger partial charge >= 0.3 is 6.18 Å². The lowest BCUT2D eigenvalue weighted by atomic mass is 9.96. The van der Waals surface area contributed by atoms with Gasteiger partial charge in [-0.1, -0.05) is 0 Å². The number of nitrogens with zero attached hydrogens (tertiary/aromatic N) is 1. The van der Waals surface area contributed by atoms with Crippen molar-refractivity contribution >= 4 is 11.7 Å². The third-order valence-electron chi connectivity index (χ3n) is 3.02. The van der Waals surface area contributed by atoms with Crippen molar-refractivity contribution in [3.05, 3.63) is 11.8 Å². The number of likely N-dealkylation sites (tertiary alicyclic amines) is 1. The van der Waals surface area contributed by atoms with E-state index in [1.165, 1.54) is 6.92 Å². The van der Waals surface area contributed by atoms with E-state index >= 15 is 0 Å². The van der Waals surface area contributed by atoms with E-state index in [9.17, 15) is 22.8 Å². The van der Waals surface area contributed by atoms with Crippen molar-refractivity contribution < 1.29 is 22.8 Å². The Hall–Kier alpha value is -1.53. The topological polar surface area (TPSA) is 63.4 Å². The van der Waals surface area contributed by atoms with Crippen molar-refractivity contribution in [1.29, 1.82) is 0 Å². The number of nitrogens with two attached hydrogens (primary N) is 1. The highest BCUT2D eigenvalue weighted by molar-refractivity contribution is 5.94. The van der Waals surface area contributed by atoms with Crippen LogP contribution in [0.15, 0.2) is 11.8 Å². The number of amides is 1. The average molecular weight is 264 g/mol. The van der Waals surface area contributed by atoms with Gasteiger partial charge in [-0.15, -0.1) is 0 Å². The first-order valence-corrected chi connectivity index (χ1v) is 5.55. The SMILES string of the molecule is C/C(=C/C(=O)C(F)(F)F)N1CCC(C(N)=O)CC1. The molecule has 0 atom stereocenters. The number of carbonyl (C=O) groups is 2. The molecule has 2 N–H and O–H groups in total. The normalized spacial score (nSPS) is 18.9. The summed E-state index contributed by atoms with van der Waals surface area (Å²) in [7, 11) is 0. The lowest BCUT2D eigenvalue weighted by Crippen LogP contribution is -2.38. The molecule has 0 aromatic rings. The van der Waals surface area contributed by atoms with E-state index in [0.717, 1.165) is 0 Å². The first kappa shape index (κ1) is 14.5. The van der Waals surface area contributed by atoms with Gasteiger partial charge in [-0.05, 0) is 19.8 Å². The van der Waals surface area contributed by atoms with Crippen LogP contribution in [0.2, 0.25) is 0 Å². The first-order valence-electron chi connectivity index (χ1n) is 5.55. The molecule has 1 aliphatic rings. The lowest BCUT2D eigenvalue weighted by molar-refractivity contribution is -0.165. The molecule has 0 aliphatic carbocycles. The number of primary amides is 1. The van der Waals surface area contributed by atoms with Gasteiger partial charge < -0.3 is 10.6 Å². The Labute approximate surface area is 103 Å². The molecule has 0 unspecified atom stereocenters. The molecule has 7 heteroatoms. The van der Waals surface area contributed by atoms with Gasteiger partial charge in [-0.3, -0.25) is 9.59 Å². The van der Waals surface area contributed by atoms with Crippen LogP contribution in [0.5, 0.6) is 0 Å². The van der Waals surface area contributed by atoms with E-state index in [1.807, 2.05) is 0 Å². The van der Waals surface area contributed by atoms with Crippen LogP contribution in [0.3, 0.4) is 0 Å². The number of piperidine rings is 1. The summed E-state index contributed by atoms with van der Waals surface area (Å²) in [5.74, 6) is -2.48. The number of halogens is 3. The minimum atomic E-state index is -4.84. The van der Waals surface area contributed by atoms with E-state index in [1.54, 1.807) is 4.90 Å². The summed E-state index contributed by atoms with van der Waals surface area (Å²) in [4.78, 5) is 23.4. The fourth-order valence-electron chi connectivity index (χ4n) is 1.88. The average Bonchev–Trinajstić information content (AvgIpc) is 2.27. The Balaban J connectivity index is 2.60. The monoisotopic (exact) mass is 264 g/mol. The van der Waals surface area contributed by atoms with Crippen LogP contribution < -0.4 is 5.73 Å². The second kappa shape index (κ2) is 5.41. The van der Waals surface area contributed by atoms with E-state index in [2.05, 4.69) is 0 Å².